The van der Waals surface area contributed by atoms with Crippen molar-refractivity contribution in [3.63, 3.8) is 0 Å². The zero-order valence-electron chi connectivity index (χ0n) is 8.80. The predicted octanol–water partition coefficient (Wildman–Crippen LogP) is -0.117. The lowest BCUT2D eigenvalue weighted by molar-refractivity contribution is -0.0590. The highest BCUT2D eigenvalue weighted by molar-refractivity contribution is 5.34. The molecule has 86 valence electrons. The van der Waals surface area contributed by atoms with Gasteiger partial charge in [0.1, 0.15) is 17.6 Å². The molecule has 0 radical (unpaired) electrons. The molecule has 0 aromatic heterocycles. The van der Waals surface area contributed by atoms with Gasteiger partial charge in [-0.15, -0.1) is 0 Å². The summed E-state index contributed by atoms with van der Waals surface area (Å²) in [7, 11) is 1.43. The van der Waals surface area contributed by atoms with Crippen LogP contribution >= 0.6 is 0 Å². The fourth-order valence-electron chi connectivity index (χ4n) is 1.40. The normalized spacial score (nSPS) is 23.3. The Balaban J connectivity index is 3.05. The van der Waals surface area contributed by atoms with Gasteiger partial charge < -0.3 is 24.8 Å². The molecule has 0 aromatic rings. The Bertz CT molecular complexity index is 282. The van der Waals surface area contributed by atoms with Crippen LogP contribution in [0, 0.1) is 0 Å². The van der Waals surface area contributed by atoms with Gasteiger partial charge in [-0.1, -0.05) is 6.92 Å². The predicted molar refractivity (Wildman–Crippen MR) is 52.6 cm³/mol. The van der Waals surface area contributed by atoms with Crippen molar-refractivity contribution >= 4 is 0 Å². The molecule has 1 unspecified atom stereocenters. The topological polar surface area (TPSA) is 79.2 Å². The Hall–Kier alpha value is -1.04. The molecule has 15 heavy (non-hydrogen) atoms. The smallest absolute Gasteiger partial charge is 0.220 e. The van der Waals surface area contributed by atoms with Crippen LogP contribution in [0.5, 0.6) is 0 Å². The van der Waals surface area contributed by atoms with E-state index in [1.54, 1.807) is 6.92 Å². The molecule has 0 aliphatic carbocycles. The Morgan fingerprint density at radius 3 is 2.73 bits per heavy atom. The molecule has 3 N–H and O–H groups in total. The third-order valence-electron chi connectivity index (χ3n) is 2.20. The number of hydrogen-bond donors (Lipinski definition) is 3. The summed E-state index contributed by atoms with van der Waals surface area (Å²) in [6.07, 6.45) is -0.230. The lowest BCUT2D eigenvalue weighted by atomic mass is 10.1. The fraction of sp³-hybridized carbons (Fsp3) is 0.600. The van der Waals surface area contributed by atoms with Crippen molar-refractivity contribution in [3.05, 3.63) is 23.2 Å². The van der Waals surface area contributed by atoms with Crippen LogP contribution < -0.4 is 0 Å². The van der Waals surface area contributed by atoms with Crippen molar-refractivity contribution in [2.45, 2.75) is 25.7 Å². The molecule has 2 atom stereocenters. The summed E-state index contributed by atoms with van der Waals surface area (Å²) in [5.74, 6) is 0.505. The van der Waals surface area contributed by atoms with Crippen LogP contribution in [0.25, 0.3) is 0 Å². The Kier molecular flexibility index (Phi) is 4.14. The van der Waals surface area contributed by atoms with Crippen molar-refractivity contribution in [1.29, 1.82) is 0 Å². The van der Waals surface area contributed by atoms with Crippen molar-refractivity contribution in [2.24, 2.45) is 0 Å². The maximum absolute atomic E-state index is 9.63. The van der Waals surface area contributed by atoms with Gasteiger partial charge in [0.05, 0.1) is 19.3 Å². The molecule has 0 amide bonds. The second-order valence-corrected chi connectivity index (χ2v) is 3.17. The minimum atomic E-state index is -1.15. The summed E-state index contributed by atoms with van der Waals surface area (Å²) in [5, 5.41) is 28.1. The first kappa shape index (κ1) is 12.0. The summed E-state index contributed by atoms with van der Waals surface area (Å²) in [6, 6.07) is 0. The van der Waals surface area contributed by atoms with Gasteiger partial charge in [0.25, 0.3) is 0 Å². The number of rotatable bonds is 4. The summed E-state index contributed by atoms with van der Waals surface area (Å²) in [4.78, 5) is 0. The van der Waals surface area contributed by atoms with Crippen molar-refractivity contribution in [1.82, 2.24) is 0 Å². The molecular weight excluding hydrogens is 200 g/mol. The first-order chi connectivity index (χ1) is 7.13. The Morgan fingerprint density at radius 1 is 1.60 bits per heavy atom. The van der Waals surface area contributed by atoms with Gasteiger partial charge in [-0.05, 0) is 6.42 Å². The molecule has 5 nitrogen and oxygen atoms in total. The van der Waals surface area contributed by atoms with Crippen LogP contribution in [0.2, 0.25) is 0 Å². The largest absolute Gasteiger partial charge is 0.496 e. The summed E-state index contributed by atoms with van der Waals surface area (Å²) in [6.45, 7) is 1.46. The van der Waals surface area contributed by atoms with E-state index in [1.807, 2.05) is 0 Å². The van der Waals surface area contributed by atoms with Gasteiger partial charge in [0.2, 0.25) is 6.29 Å². The minimum absolute atomic E-state index is 0.173. The number of methoxy groups -OCH3 is 1. The van der Waals surface area contributed by atoms with Crippen LogP contribution in [0.1, 0.15) is 13.3 Å². The van der Waals surface area contributed by atoms with E-state index in [1.165, 1.54) is 13.2 Å². The average Bonchev–Trinajstić information content (AvgIpc) is 2.26. The lowest BCUT2D eigenvalue weighted by Crippen LogP contribution is -2.25. The van der Waals surface area contributed by atoms with Crippen LogP contribution in [-0.2, 0) is 9.47 Å². The average molecular weight is 216 g/mol. The first-order valence-corrected chi connectivity index (χ1v) is 4.76. The molecule has 0 fully saturated rings. The van der Waals surface area contributed by atoms with E-state index in [2.05, 4.69) is 0 Å². The fourth-order valence-corrected chi connectivity index (χ4v) is 1.40. The van der Waals surface area contributed by atoms with E-state index >= 15 is 0 Å². The van der Waals surface area contributed by atoms with Gasteiger partial charge in [0.15, 0.2) is 0 Å². The van der Waals surface area contributed by atoms with Gasteiger partial charge in [-0.3, -0.25) is 0 Å². The van der Waals surface area contributed by atoms with Gasteiger partial charge in [-0.25, -0.2) is 0 Å². The Labute approximate surface area is 88.2 Å². The molecule has 1 rings (SSSR count). The maximum atomic E-state index is 9.63. The third kappa shape index (κ3) is 2.50. The maximum Gasteiger partial charge on any atom is 0.220 e. The van der Waals surface area contributed by atoms with E-state index in [0.717, 1.165) is 0 Å². The summed E-state index contributed by atoms with van der Waals surface area (Å²) >= 11 is 0. The molecule has 0 saturated carbocycles. The first-order valence-electron chi connectivity index (χ1n) is 4.76. The molecule has 1 heterocycles. The zero-order valence-corrected chi connectivity index (χ0v) is 8.80. The molecular formula is C10H16O5. The van der Waals surface area contributed by atoms with Gasteiger partial charge >= 0.3 is 0 Å². The highest BCUT2D eigenvalue weighted by Crippen LogP contribution is 2.26. The Morgan fingerprint density at radius 2 is 2.27 bits per heavy atom. The SMILES string of the molecule is CC[C@H](O)C1=C(CO)C(OC)=CC(O)O1. The van der Waals surface area contributed by atoms with E-state index in [0.29, 0.717) is 17.8 Å². The van der Waals surface area contributed by atoms with Gasteiger partial charge in [-0.2, -0.15) is 0 Å². The molecule has 0 spiro atoms. The molecule has 0 saturated heterocycles. The zero-order chi connectivity index (χ0) is 11.4. The number of ether oxygens (including phenoxy) is 2. The van der Waals surface area contributed by atoms with Gasteiger partial charge in [0, 0.05) is 6.08 Å². The highest BCUT2D eigenvalue weighted by atomic mass is 16.6. The second-order valence-electron chi connectivity index (χ2n) is 3.17. The summed E-state index contributed by atoms with van der Waals surface area (Å²) in [5.41, 5.74) is 0.372. The monoisotopic (exact) mass is 216 g/mol. The summed E-state index contributed by atoms with van der Waals surface area (Å²) < 4.78 is 10.0. The quantitative estimate of drug-likeness (QED) is 0.610. The van der Waals surface area contributed by atoms with Crippen molar-refractivity contribution < 1.29 is 24.8 Å². The molecule has 0 bridgehead atoms. The minimum Gasteiger partial charge on any atom is -0.496 e. The molecule has 0 aromatic carbocycles. The van der Waals surface area contributed by atoms with E-state index in [9.17, 15) is 10.2 Å². The van der Waals surface area contributed by atoms with Crippen molar-refractivity contribution in [2.75, 3.05) is 13.7 Å². The standard InChI is InChI=1S/C10H16O5/c1-3-7(12)10-6(5-11)8(14-2)4-9(13)15-10/h4,7,9,11-13H,3,5H2,1-2H3/t7-,9?/m0/s1. The lowest BCUT2D eigenvalue weighted by Gasteiger charge is -2.26. The second kappa shape index (κ2) is 5.16. The molecule has 5 heteroatoms. The van der Waals surface area contributed by atoms with E-state index in [-0.39, 0.29) is 12.4 Å². The van der Waals surface area contributed by atoms with E-state index < -0.39 is 12.4 Å². The third-order valence-corrected chi connectivity index (χ3v) is 2.20. The number of aliphatic hydroxyl groups excluding tert-OH is 3. The van der Waals surface area contributed by atoms with Crippen LogP contribution in [0.3, 0.4) is 0 Å². The highest BCUT2D eigenvalue weighted by Gasteiger charge is 2.26. The van der Waals surface area contributed by atoms with Crippen LogP contribution in [0.15, 0.2) is 23.2 Å². The van der Waals surface area contributed by atoms with Crippen LogP contribution in [-0.4, -0.2) is 41.4 Å². The van der Waals surface area contributed by atoms with Crippen LogP contribution in [0.4, 0.5) is 0 Å². The number of aliphatic hydroxyl groups is 3. The van der Waals surface area contributed by atoms with Crippen molar-refractivity contribution in [3.8, 4) is 0 Å². The molecule has 1 aliphatic rings. The number of hydrogen-bond acceptors (Lipinski definition) is 5. The molecule has 1 aliphatic heterocycles. The van der Waals surface area contributed by atoms with E-state index in [4.69, 9.17) is 14.6 Å².